The molecule has 1 nitrogen and oxygen atoms in total. The summed E-state index contributed by atoms with van der Waals surface area (Å²) in [6.07, 6.45) is -2.35. The number of hydrogen-bond donors (Lipinski definition) is 0. The highest BCUT2D eigenvalue weighted by Gasteiger charge is 2.01. The Morgan fingerprint density at radius 1 is 1.38 bits per heavy atom. The Balaban J connectivity index is 3.62. The fourth-order valence-corrected chi connectivity index (χ4v) is 0.144. The van der Waals surface area contributed by atoms with Crippen LogP contribution in [-0.2, 0) is 4.74 Å². The Bertz CT molecular complexity index is 95.5. The summed E-state index contributed by atoms with van der Waals surface area (Å²) in [5.74, 6) is -1.57. The number of rotatable bonds is 2. The van der Waals surface area contributed by atoms with Crippen molar-refractivity contribution in [2.24, 2.45) is 0 Å². The Kier molecular flexibility index (Phi) is 3.26. The van der Waals surface area contributed by atoms with E-state index in [-0.39, 0.29) is 0 Å². The van der Waals surface area contributed by atoms with Crippen molar-refractivity contribution in [1.29, 1.82) is 0 Å². The van der Waals surface area contributed by atoms with Crippen LogP contribution >= 0.6 is 0 Å². The summed E-state index contributed by atoms with van der Waals surface area (Å²) in [6, 6.07) is 0. The molecule has 0 rings (SSSR count). The van der Waals surface area contributed by atoms with E-state index in [0.29, 0.717) is 0 Å². The summed E-state index contributed by atoms with van der Waals surface area (Å²) in [5, 5.41) is 0. The van der Waals surface area contributed by atoms with E-state index in [9.17, 15) is 13.2 Å². The maximum absolute atomic E-state index is 11.5. The fraction of sp³-hybridized carbons (Fsp3) is 0.250. The van der Waals surface area contributed by atoms with Crippen molar-refractivity contribution in [3.8, 4) is 0 Å². The maximum Gasteiger partial charge on any atom is 0.303 e. The molecule has 47 valence electrons. The summed E-state index contributed by atoms with van der Waals surface area (Å²) in [7, 11) is 2.70. The van der Waals surface area contributed by atoms with Gasteiger partial charge in [0.05, 0.1) is 7.11 Å². The Labute approximate surface area is 44.8 Å². The van der Waals surface area contributed by atoms with Crippen molar-refractivity contribution in [3.63, 3.8) is 0 Å². The van der Waals surface area contributed by atoms with Gasteiger partial charge < -0.3 is 4.74 Å². The lowest BCUT2D eigenvalue weighted by Crippen LogP contribution is -1.86. The molecule has 0 fully saturated rings. The molecule has 0 saturated carbocycles. The van der Waals surface area contributed by atoms with Gasteiger partial charge >= 0.3 is 6.08 Å². The second kappa shape index (κ2) is 3.49. The van der Waals surface area contributed by atoms with Crippen molar-refractivity contribution in [2.75, 3.05) is 6.61 Å². The first-order valence-electron chi connectivity index (χ1n) is 1.75. The molecule has 0 N–H and O–H groups in total. The van der Waals surface area contributed by atoms with Gasteiger partial charge in [-0.3, -0.25) is 0 Å². The molecule has 0 aromatic rings. The zero-order chi connectivity index (χ0) is 6.57. The molecule has 8 heavy (non-hydrogen) atoms. The fourth-order valence-electron chi connectivity index (χ4n) is 0.144. The largest absolute Gasteiger partial charge is 0.372 e. The molecule has 0 aliphatic heterocycles. The first kappa shape index (κ1) is 7.49. The Hall–Kier alpha value is -0.510. The zero-order valence-electron chi connectivity index (χ0n) is 3.96. The quantitative estimate of drug-likeness (QED) is 0.547. The SMILES string of the molecule is [CH2]OCC(F)=C(F)F. The number of hydrogen-bond acceptors (Lipinski definition) is 1. The van der Waals surface area contributed by atoms with Gasteiger partial charge in [0.2, 0.25) is 0 Å². The average Bonchev–Trinajstić information content (AvgIpc) is 1.67. The van der Waals surface area contributed by atoms with E-state index in [0.717, 1.165) is 0 Å². The molecule has 0 spiro atoms. The van der Waals surface area contributed by atoms with Gasteiger partial charge in [0.15, 0.2) is 5.83 Å². The number of halogens is 3. The van der Waals surface area contributed by atoms with Crippen LogP contribution in [0.15, 0.2) is 11.9 Å². The maximum atomic E-state index is 11.5. The smallest absolute Gasteiger partial charge is 0.303 e. The number of ether oxygens (including phenoxy) is 1. The zero-order valence-corrected chi connectivity index (χ0v) is 3.96. The van der Waals surface area contributed by atoms with Gasteiger partial charge in [0.25, 0.3) is 0 Å². The van der Waals surface area contributed by atoms with Crippen LogP contribution in [0.1, 0.15) is 0 Å². The summed E-state index contributed by atoms with van der Waals surface area (Å²) < 4.78 is 37.3. The lowest BCUT2D eigenvalue weighted by Gasteiger charge is -1.89. The predicted molar refractivity (Wildman–Crippen MR) is 21.7 cm³/mol. The van der Waals surface area contributed by atoms with Crippen molar-refractivity contribution in [3.05, 3.63) is 19.0 Å². The third-order valence-corrected chi connectivity index (χ3v) is 0.434. The van der Waals surface area contributed by atoms with Gasteiger partial charge in [0, 0.05) is 0 Å². The van der Waals surface area contributed by atoms with Crippen molar-refractivity contribution in [1.82, 2.24) is 0 Å². The molecule has 0 heterocycles. The van der Waals surface area contributed by atoms with Crippen LogP contribution in [0.3, 0.4) is 0 Å². The van der Waals surface area contributed by atoms with Crippen LogP contribution in [0, 0.1) is 7.11 Å². The van der Waals surface area contributed by atoms with E-state index in [1.165, 1.54) is 0 Å². The van der Waals surface area contributed by atoms with Gasteiger partial charge in [0.1, 0.15) is 6.61 Å². The molecule has 0 bridgehead atoms. The van der Waals surface area contributed by atoms with Crippen molar-refractivity contribution >= 4 is 0 Å². The van der Waals surface area contributed by atoms with E-state index in [2.05, 4.69) is 11.8 Å². The molecular formula is C4H4F3O. The second-order valence-electron chi connectivity index (χ2n) is 1.01. The third kappa shape index (κ3) is 2.63. The van der Waals surface area contributed by atoms with Crippen molar-refractivity contribution in [2.45, 2.75) is 0 Å². The summed E-state index contributed by atoms with van der Waals surface area (Å²) >= 11 is 0. The highest BCUT2D eigenvalue weighted by molar-refractivity contribution is 4.90. The minimum atomic E-state index is -2.35. The molecule has 0 aliphatic rings. The highest BCUT2D eigenvalue weighted by Crippen LogP contribution is 2.07. The lowest BCUT2D eigenvalue weighted by atomic mass is 10.6. The lowest BCUT2D eigenvalue weighted by molar-refractivity contribution is 0.231. The minimum absolute atomic E-state index is 0.762. The van der Waals surface area contributed by atoms with Gasteiger partial charge in [-0.05, 0) is 0 Å². The second-order valence-corrected chi connectivity index (χ2v) is 1.01. The molecule has 0 aromatic heterocycles. The van der Waals surface area contributed by atoms with Gasteiger partial charge in [-0.25, -0.2) is 4.39 Å². The summed E-state index contributed by atoms with van der Waals surface area (Å²) in [6.45, 7) is -0.762. The van der Waals surface area contributed by atoms with E-state index in [1.54, 1.807) is 0 Å². The van der Waals surface area contributed by atoms with Crippen LogP contribution in [0.2, 0.25) is 0 Å². The molecule has 1 radical (unpaired) electrons. The predicted octanol–water partition coefficient (Wildman–Crippen LogP) is 1.87. The normalized spacial score (nSPS) is 9.00. The standard InChI is InChI=1S/C4H4F3O/c1-8-2-3(5)4(6)7/h1-2H2. The van der Waals surface area contributed by atoms with E-state index in [1.807, 2.05) is 0 Å². The van der Waals surface area contributed by atoms with E-state index in [4.69, 9.17) is 0 Å². The Morgan fingerprint density at radius 3 is 2.00 bits per heavy atom. The van der Waals surface area contributed by atoms with Crippen molar-refractivity contribution < 1.29 is 17.9 Å². The first-order chi connectivity index (χ1) is 3.68. The van der Waals surface area contributed by atoms with Crippen LogP contribution in [0.4, 0.5) is 13.2 Å². The highest BCUT2D eigenvalue weighted by atomic mass is 19.3. The summed E-state index contributed by atoms with van der Waals surface area (Å²) in [4.78, 5) is 0. The molecule has 0 unspecified atom stereocenters. The molecule has 0 atom stereocenters. The molecule has 0 amide bonds. The first-order valence-corrected chi connectivity index (χ1v) is 1.75. The van der Waals surface area contributed by atoms with Crippen LogP contribution in [0.25, 0.3) is 0 Å². The molecule has 0 aromatic carbocycles. The van der Waals surface area contributed by atoms with Gasteiger partial charge in [-0.1, -0.05) is 0 Å². The van der Waals surface area contributed by atoms with E-state index < -0.39 is 18.5 Å². The topological polar surface area (TPSA) is 9.23 Å². The summed E-state index contributed by atoms with van der Waals surface area (Å²) in [5.41, 5.74) is 0. The molecule has 0 aliphatic carbocycles. The van der Waals surface area contributed by atoms with Gasteiger partial charge in [-0.2, -0.15) is 8.78 Å². The monoisotopic (exact) mass is 125 g/mol. The average molecular weight is 125 g/mol. The molecule has 0 saturated heterocycles. The Morgan fingerprint density at radius 2 is 1.88 bits per heavy atom. The third-order valence-electron chi connectivity index (χ3n) is 0.434. The molecule has 4 heteroatoms. The van der Waals surface area contributed by atoms with Crippen LogP contribution in [-0.4, -0.2) is 6.61 Å². The van der Waals surface area contributed by atoms with Gasteiger partial charge in [-0.15, -0.1) is 0 Å². The van der Waals surface area contributed by atoms with E-state index >= 15 is 0 Å². The van der Waals surface area contributed by atoms with Crippen LogP contribution < -0.4 is 0 Å². The molecular weight excluding hydrogens is 121 g/mol. The minimum Gasteiger partial charge on any atom is -0.372 e. The van der Waals surface area contributed by atoms with Crippen LogP contribution in [0.5, 0.6) is 0 Å².